The van der Waals surface area contributed by atoms with E-state index in [1.54, 1.807) is 0 Å². The SMILES string of the molecule is Cc1cc(-c2cn[nH]c2)cc(C)c1Br. The van der Waals surface area contributed by atoms with E-state index >= 15 is 0 Å². The molecule has 1 aromatic carbocycles. The second-order valence-electron chi connectivity index (χ2n) is 3.41. The third kappa shape index (κ3) is 1.60. The van der Waals surface area contributed by atoms with E-state index in [0.29, 0.717) is 0 Å². The predicted octanol–water partition coefficient (Wildman–Crippen LogP) is 3.46. The molecule has 0 aliphatic carbocycles. The minimum absolute atomic E-state index is 1.13. The molecule has 2 rings (SSSR count). The highest BCUT2D eigenvalue weighted by Gasteiger charge is 2.04. The van der Waals surface area contributed by atoms with Crippen molar-refractivity contribution in [1.29, 1.82) is 0 Å². The third-order valence-corrected chi connectivity index (χ3v) is 3.52. The van der Waals surface area contributed by atoms with Gasteiger partial charge in [0, 0.05) is 16.2 Å². The molecule has 0 bridgehead atoms. The summed E-state index contributed by atoms with van der Waals surface area (Å²) in [7, 11) is 0. The van der Waals surface area contributed by atoms with Crippen LogP contribution in [0.3, 0.4) is 0 Å². The number of hydrogen-bond acceptors (Lipinski definition) is 1. The van der Waals surface area contributed by atoms with Crippen LogP contribution in [0.4, 0.5) is 0 Å². The van der Waals surface area contributed by atoms with Crippen molar-refractivity contribution < 1.29 is 0 Å². The maximum absolute atomic E-state index is 3.94. The van der Waals surface area contributed by atoms with Crippen LogP contribution in [0.2, 0.25) is 0 Å². The van der Waals surface area contributed by atoms with Crippen molar-refractivity contribution in [1.82, 2.24) is 10.2 Å². The largest absolute Gasteiger partial charge is 0.285 e. The van der Waals surface area contributed by atoms with Crippen molar-refractivity contribution in [2.75, 3.05) is 0 Å². The molecular formula is C11H11BrN2. The van der Waals surface area contributed by atoms with Crippen molar-refractivity contribution in [2.24, 2.45) is 0 Å². The van der Waals surface area contributed by atoms with Gasteiger partial charge in [-0.3, -0.25) is 5.10 Å². The molecule has 0 unspecified atom stereocenters. The number of aromatic amines is 1. The monoisotopic (exact) mass is 250 g/mol. The van der Waals surface area contributed by atoms with Crippen molar-refractivity contribution in [3.05, 3.63) is 40.1 Å². The minimum Gasteiger partial charge on any atom is -0.285 e. The fourth-order valence-electron chi connectivity index (χ4n) is 1.52. The first-order chi connectivity index (χ1) is 6.68. The summed E-state index contributed by atoms with van der Waals surface area (Å²) in [5, 5.41) is 6.76. The molecule has 1 N–H and O–H groups in total. The highest BCUT2D eigenvalue weighted by molar-refractivity contribution is 9.10. The smallest absolute Gasteiger partial charge is 0.0565 e. The molecular weight excluding hydrogens is 240 g/mol. The van der Waals surface area contributed by atoms with Gasteiger partial charge in [-0.15, -0.1) is 0 Å². The lowest BCUT2D eigenvalue weighted by Crippen LogP contribution is -1.84. The lowest BCUT2D eigenvalue weighted by atomic mass is 10.0. The van der Waals surface area contributed by atoms with Crippen LogP contribution < -0.4 is 0 Å². The molecule has 0 atom stereocenters. The van der Waals surface area contributed by atoms with E-state index in [9.17, 15) is 0 Å². The minimum atomic E-state index is 1.13. The van der Waals surface area contributed by atoms with Crippen LogP contribution in [-0.2, 0) is 0 Å². The summed E-state index contributed by atoms with van der Waals surface area (Å²) in [5.41, 5.74) is 4.84. The summed E-state index contributed by atoms with van der Waals surface area (Å²) in [6, 6.07) is 4.31. The van der Waals surface area contributed by atoms with E-state index in [1.807, 2.05) is 12.4 Å². The Bertz CT molecular complexity index is 423. The average Bonchev–Trinajstić information content (AvgIpc) is 2.66. The van der Waals surface area contributed by atoms with Crippen LogP contribution in [0.25, 0.3) is 11.1 Å². The number of aryl methyl sites for hydroxylation is 2. The topological polar surface area (TPSA) is 28.7 Å². The number of hydrogen-bond donors (Lipinski definition) is 1. The second kappa shape index (κ2) is 3.58. The first kappa shape index (κ1) is 9.46. The van der Waals surface area contributed by atoms with Gasteiger partial charge in [0.2, 0.25) is 0 Å². The Labute approximate surface area is 91.5 Å². The van der Waals surface area contributed by atoms with Crippen molar-refractivity contribution >= 4 is 15.9 Å². The average molecular weight is 251 g/mol. The van der Waals surface area contributed by atoms with Gasteiger partial charge in [-0.05, 0) is 30.5 Å². The van der Waals surface area contributed by atoms with Gasteiger partial charge in [0.1, 0.15) is 0 Å². The maximum Gasteiger partial charge on any atom is 0.0565 e. The lowest BCUT2D eigenvalue weighted by molar-refractivity contribution is 1.09. The maximum atomic E-state index is 3.94. The van der Waals surface area contributed by atoms with E-state index in [0.717, 1.165) is 5.56 Å². The van der Waals surface area contributed by atoms with Gasteiger partial charge in [-0.25, -0.2) is 0 Å². The normalized spacial score (nSPS) is 10.5. The molecule has 0 fully saturated rings. The zero-order valence-corrected chi connectivity index (χ0v) is 9.72. The Kier molecular flexibility index (Phi) is 2.42. The Hall–Kier alpha value is -1.09. The molecule has 0 radical (unpaired) electrons. The molecule has 0 spiro atoms. The summed E-state index contributed by atoms with van der Waals surface area (Å²) >= 11 is 3.55. The zero-order valence-electron chi connectivity index (χ0n) is 8.13. The van der Waals surface area contributed by atoms with Crippen LogP contribution in [0, 0.1) is 13.8 Å². The lowest BCUT2D eigenvalue weighted by Gasteiger charge is -2.05. The number of nitrogens with one attached hydrogen (secondary N) is 1. The number of benzene rings is 1. The number of halogens is 1. The van der Waals surface area contributed by atoms with E-state index in [-0.39, 0.29) is 0 Å². The summed E-state index contributed by atoms with van der Waals surface area (Å²) in [6.45, 7) is 4.20. The molecule has 2 aromatic rings. The molecule has 0 saturated heterocycles. The van der Waals surface area contributed by atoms with Crippen molar-refractivity contribution in [2.45, 2.75) is 13.8 Å². The van der Waals surface area contributed by atoms with Crippen LogP contribution in [0.1, 0.15) is 11.1 Å². The predicted molar refractivity (Wildman–Crippen MR) is 61.2 cm³/mol. The van der Waals surface area contributed by atoms with Crippen molar-refractivity contribution in [3.63, 3.8) is 0 Å². The van der Waals surface area contributed by atoms with E-state index in [1.165, 1.54) is 21.2 Å². The molecule has 14 heavy (non-hydrogen) atoms. The number of nitrogens with zero attached hydrogens (tertiary/aromatic N) is 1. The van der Waals surface area contributed by atoms with Crippen LogP contribution in [0.15, 0.2) is 29.0 Å². The number of rotatable bonds is 1. The first-order valence-electron chi connectivity index (χ1n) is 4.44. The van der Waals surface area contributed by atoms with Gasteiger partial charge < -0.3 is 0 Å². The Morgan fingerprint density at radius 2 is 1.79 bits per heavy atom. The number of H-pyrrole nitrogens is 1. The van der Waals surface area contributed by atoms with Gasteiger partial charge in [0.25, 0.3) is 0 Å². The van der Waals surface area contributed by atoms with E-state index in [2.05, 4.69) is 52.1 Å². The fourth-order valence-corrected chi connectivity index (χ4v) is 1.75. The molecule has 2 nitrogen and oxygen atoms in total. The summed E-state index contributed by atoms with van der Waals surface area (Å²) in [4.78, 5) is 0. The van der Waals surface area contributed by atoms with Gasteiger partial charge in [-0.2, -0.15) is 5.10 Å². The fraction of sp³-hybridized carbons (Fsp3) is 0.182. The second-order valence-corrected chi connectivity index (χ2v) is 4.20. The van der Waals surface area contributed by atoms with Gasteiger partial charge >= 0.3 is 0 Å². The van der Waals surface area contributed by atoms with Crippen molar-refractivity contribution in [3.8, 4) is 11.1 Å². The third-order valence-electron chi connectivity index (χ3n) is 2.27. The molecule has 1 aromatic heterocycles. The zero-order chi connectivity index (χ0) is 10.1. The van der Waals surface area contributed by atoms with Crippen LogP contribution in [0.5, 0.6) is 0 Å². The molecule has 0 saturated carbocycles. The van der Waals surface area contributed by atoms with Gasteiger partial charge in [-0.1, -0.05) is 28.1 Å². The number of aromatic nitrogens is 2. The highest BCUT2D eigenvalue weighted by Crippen LogP contribution is 2.27. The molecule has 1 heterocycles. The first-order valence-corrected chi connectivity index (χ1v) is 5.23. The van der Waals surface area contributed by atoms with Gasteiger partial charge in [0.15, 0.2) is 0 Å². The molecule has 0 aliphatic rings. The Morgan fingerprint density at radius 1 is 1.14 bits per heavy atom. The summed E-state index contributed by atoms with van der Waals surface area (Å²) in [5.74, 6) is 0. The molecule has 0 amide bonds. The van der Waals surface area contributed by atoms with E-state index in [4.69, 9.17) is 0 Å². The van der Waals surface area contributed by atoms with Crippen LogP contribution >= 0.6 is 15.9 Å². The summed E-state index contributed by atoms with van der Waals surface area (Å²) in [6.07, 6.45) is 3.74. The molecule has 3 heteroatoms. The molecule has 72 valence electrons. The quantitative estimate of drug-likeness (QED) is 0.826. The van der Waals surface area contributed by atoms with Gasteiger partial charge in [0.05, 0.1) is 6.20 Å². The van der Waals surface area contributed by atoms with Crippen LogP contribution in [-0.4, -0.2) is 10.2 Å². The Morgan fingerprint density at radius 3 is 2.29 bits per heavy atom. The summed E-state index contributed by atoms with van der Waals surface area (Å²) < 4.78 is 1.18. The highest BCUT2D eigenvalue weighted by atomic mass is 79.9. The molecule has 0 aliphatic heterocycles. The van der Waals surface area contributed by atoms with E-state index < -0.39 is 0 Å². The standard InChI is InChI=1S/C11H11BrN2/c1-7-3-9(4-8(2)11(7)12)10-5-13-14-6-10/h3-6H,1-2H3,(H,13,14). The Balaban J connectivity index is 2.57.